The van der Waals surface area contributed by atoms with Gasteiger partial charge in [-0.2, -0.15) is 0 Å². The lowest BCUT2D eigenvalue weighted by Crippen LogP contribution is -2.38. The van der Waals surface area contributed by atoms with Gasteiger partial charge in [0.05, 0.1) is 22.3 Å². The van der Waals surface area contributed by atoms with Gasteiger partial charge < -0.3 is 4.84 Å². The standard InChI is InChI=1S/C14H15NO6S/c1-8(9(2)22(3,19)20)14(18)21-15-12(16)10-6-4-5-7-11(10)13(15)17/h4-9H,1-3H3. The largest absolute Gasteiger partial charge is 0.337 e. The van der Waals surface area contributed by atoms with Gasteiger partial charge in [0, 0.05) is 6.26 Å². The number of nitrogens with zero attached hydrogens (tertiary/aromatic N) is 1. The number of benzene rings is 1. The van der Waals surface area contributed by atoms with Crippen molar-refractivity contribution in [2.24, 2.45) is 5.92 Å². The Morgan fingerprint density at radius 2 is 1.55 bits per heavy atom. The minimum absolute atomic E-state index is 0.143. The Hall–Kier alpha value is -2.22. The first-order chi connectivity index (χ1) is 10.1. The highest BCUT2D eigenvalue weighted by Gasteiger charge is 2.40. The van der Waals surface area contributed by atoms with Crippen LogP contribution in [-0.2, 0) is 19.5 Å². The molecule has 1 aliphatic rings. The van der Waals surface area contributed by atoms with Gasteiger partial charge >= 0.3 is 5.97 Å². The SMILES string of the molecule is CC(C(=O)ON1C(=O)c2ccccc2C1=O)C(C)S(C)(=O)=O. The number of rotatable bonds is 4. The molecule has 2 unspecified atom stereocenters. The molecule has 0 radical (unpaired) electrons. The normalized spacial score (nSPS) is 17.1. The summed E-state index contributed by atoms with van der Waals surface area (Å²) in [7, 11) is -3.45. The average molecular weight is 325 g/mol. The maximum absolute atomic E-state index is 12.0. The Balaban J connectivity index is 2.18. The summed E-state index contributed by atoms with van der Waals surface area (Å²) in [5, 5.41) is -0.617. The molecule has 2 atom stereocenters. The van der Waals surface area contributed by atoms with Crippen LogP contribution in [0.2, 0.25) is 0 Å². The highest BCUT2D eigenvalue weighted by atomic mass is 32.2. The second-order valence-corrected chi connectivity index (χ2v) is 7.59. The van der Waals surface area contributed by atoms with Crippen molar-refractivity contribution in [3.63, 3.8) is 0 Å². The first kappa shape index (κ1) is 16.2. The molecule has 8 heteroatoms. The van der Waals surface area contributed by atoms with Crippen molar-refractivity contribution in [2.45, 2.75) is 19.1 Å². The topological polar surface area (TPSA) is 97.8 Å². The lowest BCUT2D eigenvalue weighted by molar-refractivity contribution is -0.173. The average Bonchev–Trinajstić information content (AvgIpc) is 2.70. The van der Waals surface area contributed by atoms with Crippen molar-refractivity contribution >= 4 is 27.6 Å². The molecule has 2 rings (SSSR count). The van der Waals surface area contributed by atoms with Crippen LogP contribution >= 0.6 is 0 Å². The van der Waals surface area contributed by atoms with E-state index in [4.69, 9.17) is 4.84 Å². The van der Waals surface area contributed by atoms with Gasteiger partial charge in [-0.25, -0.2) is 13.2 Å². The third kappa shape index (κ3) is 2.74. The summed E-state index contributed by atoms with van der Waals surface area (Å²) in [6.07, 6.45) is 1.00. The number of amides is 2. The van der Waals surface area contributed by atoms with Crippen LogP contribution in [0, 0.1) is 5.92 Å². The molecule has 7 nitrogen and oxygen atoms in total. The summed E-state index contributed by atoms with van der Waals surface area (Å²) in [5.74, 6) is -3.45. The summed E-state index contributed by atoms with van der Waals surface area (Å²) in [6.45, 7) is 2.73. The van der Waals surface area contributed by atoms with Gasteiger partial charge in [0.1, 0.15) is 0 Å². The molecular weight excluding hydrogens is 310 g/mol. The van der Waals surface area contributed by atoms with E-state index in [0.717, 1.165) is 6.26 Å². The maximum atomic E-state index is 12.0. The van der Waals surface area contributed by atoms with E-state index < -0.39 is 38.8 Å². The minimum atomic E-state index is -3.45. The highest BCUT2D eigenvalue weighted by molar-refractivity contribution is 7.91. The van der Waals surface area contributed by atoms with Crippen molar-refractivity contribution in [3.05, 3.63) is 35.4 Å². The van der Waals surface area contributed by atoms with Gasteiger partial charge in [-0.3, -0.25) is 9.59 Å². The zero-order chi connectivity index (χ0) is 16.7. The number of carbonyl (C=O) groups excluding carboxylic acids is 3. The molecule has 0 aromatic heterocycles. The lowest BCUT2D eigenvalue weighted by atomic mass is 10.1. The highest BCUT2D eigenvalue weighted by Crippen LogP contribution is 2.24. The van der Waals surface area contributed by atoms with Crippen LogP contribution in [0.4, 0.5) is 0 Å². The first-order valence-electron chi connectivity index (χ1n) is 6.53. The van der Waals surface area contributed by atoms with Crippen LogP contribution in [0.5, 0.6) is 0 Å². The molecule has 0 spiro atoms. The summed E-state index contributed by atoms with van der Waals surface area (Å²) >= 11 is 0. The molecule has 118 valence electrons. The molecule has 1 aromatic rings. The van der Waals surface area contributed by atoms with Crippen LogP contribution in [0.3, 0.4) is 0 Å². The molecule has 0 fully saturated rings. The third-order valence-corrected chi connectivity index (χ3v) is 5.45. The van der Waals surface area contributed by atoms with Crippen LogP contribution in [0.25, 0.3) is 0 Å². The predicted molar refractivity (Wildman–Crippen MR) is 76.5 cm³/mol. The van der Waals surface area contributed by atoms with Gasteiger partial charge in [-0.05, 0) is 19.1 Å². The summed E-state index contributed by atoms with van der Waals surface area (Å²) in [4.78, 5) is 40.9. The molecule has 0 bridgehead atoms. The van der Waals surface area contributed by atoms with E-state index in [2.05, 4.69) is 0 Å². The van der Waals surface area contributed by atoms with Crippen molar-refractivity contribution in [1.82, 2.24) is 5.06 Å². The van der Waals surface area contributed by atoms with Gasteiger partial charge in [0.2, 0.25) is 0 Å². The van der Waals surface area contributed by atoms with E-state index in [1.165, 1.54) is 26.0 Å². The Morgan fingerprint density at radius 1 is 1.09 bits per heavy atom. The number of fused-ring (bicyclic) bond motifs is 1. The van der Waals surface area contributed by atoms with Crippen LogP contribution in [0.15, 0.2) is 24.3 Å². The number of carbonyl (C=O) groups is 3. The second kappa shape index (κ2) is 5.53. The molecular formula is C14H15NO6S. The molecule has 1 heterocycles. The summed E-state index contributed by atoms with van der Waals surface area (Å²) in [5.41, 5.74) is 0.285. The van der Waals surface area contributed by atoms with E-state index in [1.54, 1.807) is 12.1 Å². The van der Waals surface area contributed by atoms with Crippen molar-refractivity contribution in [1.29, 1.82) is 0 Å². The molecule has 1 aromatic carbocycles. The quantitative estimate of drug-likeness (QED) is 0.760. The fourth-order valence-electron chi connectivity index (χ4n) is 1.99. The van der Waals surface area contributed by atoms with Crippen molar-refractivity contribution in [3.8, 4) is 0 Å². The molecule has 2 amide bonds. The number of sulfone groups is 1. The van der Waals surface area contributed by atoms with Crippen molar-refractivity contribution < 1.29 is 27.6 Å². The minimum Gasteiger partial charge on any atom is -0.329 e. The van der Waals surface area contributed by atoms with Crippen LogP contribution < -0.4 is 0 Å². The number of hydroxylamine groups is 2. The van der Waals surface area contributed by atoms with E-state index in [-0.39, 0.29) is 11.1 Å². The number of hydrogen-bond acceptors (Lipinski definition) is 6. The predicted octanol–water partition coefficient (Wildman–Crippen LogP) is 0.810. The van der Waals surface area contributed by atoms with Gasteiger partial charge in [-0.15, -0.1) is 0 Å². The maximum Gasteiger partial charge on any atom is 0.337 e. The molecule has 0 saturated heterocycles. The van der Waals surface area contributed by atoms with E-state index in [0.29, 0.717) is 5.06 Å². The molecule has 0 aliphatic carbocycles. The van der Waals surface area contributed by atoms with Gasteiger partial charge in [-0.1, -0.05) is 24.1 Å². The molecule has 22 heavy (non-hydrogen) atoms. The summed E-state index contributed by atoms with van der Waals surface area (Å²) in [6, 6.07) is 6.07. The second-order valence-electron chi connectivity index (χ2n) is 5.18. The first-order valence-corrected chi connectivity index (χ1v) is 8.48. The zero-order valence-electron chi connectivity index (χ0n) is 12.3. The molecule has 0 N–H and O–H groups in total. The smallest absolute Gasteiger partial charge is 0.329 e. The van der Waals surface area contributed by atoms with Crippen LogP contribution in [-0.4, -0.2) is 42.8 Å². The molecule has 1 aliphatic heterocycles. The monoisotopic (exact) mass is 325 g/mol. The Labute approximate surface area is 127 Å². The summed E-state index contributed by atoms with van der Waals surface area (Å²) < 4.78 is 22.9. The van der Waals surface area contributed by atoms with Gasteiger partial charge in [0.25, 0.3) is 11.8 Å². The fourth-order valence-corrected chi connectivity index (χ4v) is 2.84. The van der Waals surface area contributed by atoms with Gasteiger partial charge in [0.15, 0.2) is 9.84 Å². The van der Waals surface area contributed by atoms with Crippen LogP contribution in [0.1, 0.15) is 34.6 Å². The Bertz CT molecular complexity index is 719. The van der Waals surface area contributed by atoms with Crippen molar-refractivity contribution in [2.75, 3.05) is 6.26 Å². The third-order valence-electron chi connectivity index (χ3n) is 3.69. The lowest BCUT2D eigenvalue weighted by Gasteiger charge is -2.19. The van der Waals surface area contributed by atoms with E-state index in [9.17, 15) is 22.8 Å². The molecule has 0 saturated carbocycles. The Kier molecular flexibility index (Phi) is 4.06. The number of hydrogen-bond donors (Lipinski definition) is 0. The number of imide groups is 1. The Morgan fingerprint density at radius 3 is 1.95 bits per heavy atom. The van der Waals surface area contributed by atoms with E-state index >= 15 is 0 Å². The zero-order valence-corrected chi connectivity index (χ0v) is 13.1. The fraction of sp³-hybridized carbons (Fsp3) is 0.357. The van der Waals surface area contributed by atoms with E-state index in [1.807, 2.05) is 0 Å².